The first kappa shape index (κ1) is 25.8. The highest BCUT2D eigenvalue weighted by Gasteiger charge is 2.49. The van der Waals surface area contributed by atoms with Crippen LogP contribution in [0.5, 0.6) is 11.5 Å². The van der Waals surface area contributed by atoms with Gasteiger partial charge in [-0.1, -0.05) is 35.9 Å². The summed E-state index contributed by atoms with van der Waals surface area (Å²) in [5.41, 5.74) is 6.61. The predicted octanol–water partition coefficient (Wildman–Crippen LogP) is 5.91. The minimum absolute atomic E-state index is 0.247. The molecule has 35 heavy (non-hydrogen) atoms. The third-order valence-corrected chi connectivity index (χ3v) is 7.82. The van der Waals surface area contributed by atoms with E-state index in [1.54, 1.807) is 7.11 Å². The Morgan fingerprint density at radius 3 is 2.11 bits per heavy atom. The number of nitrogens with zero attached hydrogens (tertiary/aromatic N) is 2. The lowest BCUT2D eigenvalue weighted by Gasteiger charge is -2.50. The average Bonchev–Trinajstić information content (AvgIpc) is 2.80. The number of hydrogen-bond donors (Lipinski definition) is 0. The van der Waals surface area contributed by atoms with E-state index in [4.69, 9.17) is 9.47 Å². The van der Waals surface area contributed by atoms with Crippen molar-refractivity contribution in [3.05, 3.63) is 70.3 Å². The topological polar surface area (TPSA) is 24.9 Å². The molecule has 0 radical (unpaired) electrons. The Balaban J connectivity index is 1.76. The van der Waals surface area contributed by atoms with Gasteiger partial charge in [0.05, 0.1) is 7.11 Å². The van der Waals surface area contributed by atoms with Gasteiger partial charge in [-0.05, 0) is 103 Å². The van der Waals surface area contributed by atoms with E-state index in [2.05, 4.69) is 101 Å². The zero-order valence-corrected chi connectivity index (χ0v) is 23.0. The number of methoxy groups -OCH3 is 1. The zero-order chi connectivity index (χ0) is 25.3. The molecule has 0 spiro atoms. The first-order valence-electron chi connectivity index (χ1n) is 13.0. The number of rotatable bonds is 8. The third-order valence-electron chi connectivity index (χ3n) is 7.82. The molecule has 1 aliphatic carbocycles. The van der Waals surface area contributed by atoms with Crippen molar-refractivity contribution in [3.63, 3.8) is 0 Å². The number of hydrogen-bond acceptors (Lipinski definition) is 4. The monoisotopic (exact) mass is 476 g/mol. The minimum Gasteiger partial charge on any atom is -0.496 e. The zero-order valence-electron chi connectivity index (χ0n) is 23.0. The Labute approximate surface area is 212 Å². The van der Waals surface area contributed by atoms with Gasteiger partial charge in [0.1, 0.15) is 17.1 Å². The van der Waals surface area contributed by atoms with E-state index in [0.717, 1.165) is 43.9 Å². The van der Waals surface area contributed by atoms with Crippen LogP contribution < -0.4 is 9.47 Å². The Bertz CT molecular complexity index is 1070. The van der Waals surface area contributed by atoms with Crippen LogP contribution in [0, 0.1) is 5.92 Å². The van der Waals surface area contributed by atoms with E-state index in [1.807, 2.05) is 0 Å². The Morgan fingerprint density at radius 2 is 1.51 bits per heavy atom. The molecule has 2 aromatic rings. The maximum atomic E-state index is 6.75. The summed E-state index contributed by atoms with van der Waals surface area (Å²) < 4.78 is 12.7. The van der Waals surface area contributed by atoms with Gasteiger partial charge in [-0.3, -0.25) is 0 Å². The summed E-state index contributed by atoms with van der Waals surface area (Å²) in [6.45, 7) is 8.94. The lowest BCUT2D eigenvalue weighted by Crippen LogP contribution is -2.48. The second-order valence-corrected chi connectivity index (χ2v) is 11.6. The van der Waals surface area contributed by atoms with Crippen LogP contribution >= 0.6 is 0 Å². The van der Waals surface area contributed by atoms with Crippen molar-refractivity contribution < 1.29 is 9.47 Å². The van der Waals surface area contributed by atoms with Crippen LogP contribution in [0.25, 0.3) is 0 Å². The Kier molecular flexibility index (Phi) is 7.63. The molecule has 0 N–H and O–H groups in total. The van der Waals surface area contributed by atoms with Crippen LogP contribution in [0.3, 0.4) is 0 Å². The molecule has 0 aromatic heterocycles. The number of ether oxygens (including phenoxy) is 2. The van der Waals surface area contributed by atoms with E-state index >= 15 is 0 Å². The van der Waals surface area contributed by atoms with E-state index in [0.29, 0.717) is 11.8 Å². The van der Waals surface area contributed by atoms with Gasteiger partial charge in [0.25, 0.3) is 0 Å². The number of likely N-dealkylation sites (N-methyl/N-ethyl adjacent to an activating group) is 2. The average molecular weight is 477 g/mol. The summed E-state index contributed by atoms with van der Waals surface area (Å²) in [4.78, 5) is 4.49. The molecule has 4 nitrogen and oxygen atoms in total. The SMILES string of the molecule is COc1ccc(CCN(C)C)cc1[C@@H]1C=C(C)C[C@H]2c3cc(CCN(C)C)ccc3OC(C)(C)[C@H]12. The fraction of sp³-hybridized carbons (Fsp3) is 0.548. The molecule has 2 aromatic carbocycles. The predicted molar refractivity (Wildman–Crippen MR) is 146 cm³/mol. The van der Waals surface area contributed by atoms with Gasteiger partial charge in [-0.25, -0.2) is 0 Å². The Morgan fingerprint density at radius 1 is 0.914 bits per heavy atom. The second-order valence-electron chi connectivity index (χ2n) is 11.6. The van der Waals surface area contributed by atoms with Crippen LogP contribution in [0.4, 0.5) is 0 Å². The van der Waals surface area contributed by atoms with Crippen LogP contribution in [0.15, 0.2) is 48.0 Å². The van der Waals surface area contributed by atoms with Crippen LogP contribution in [-0.2, 0) is 12.8 Å². The van der Waals surface area contributed by atoms with Gasteiger partial charge in [0.15, 0.2) is 0 Å². The van der Waals surface area contributed by atoms with E-state index in [1.165, 1.54) is 27.8 Å². The summed E-state index contributed by atoms with van der Waals surface area (Å²) >= 11 is 0. The molecule has 190 valence electrons. The van der Waals surface area contributed by atoms with Gasteiger partial charge in [-0.15, -0.1) is 0 Å². The second kappa shape index (κ2) is 10.4. The van der Waals surface area contributed by atoms with Gasteiger partial charge in [-0.2, -0.15) is 0 Å². The highest BCUT2D eigenvalue weighted by molar-refractivity contribution is 5.49. The summed E-state index contributed by atoms with van der Waals surface area (Å²) in [6, 6.07) is 13.7. The number of allylic oxidation sites excluding steroid dienone is 2. The summed E-state index contributed by atoms with van der Waals surface area (Å²) in [5, 5.41) is 0. The largest absolute Gasteiger partial charge is 0.496 e. The van der Waals surface area contributed by atoms with E-state index in [-0.39, 0.29) is 11.5 Å². The molecule has 0 bridgehead atoms. The Hall–Kier alpha value is -2.30. The maximum absolute atomic E-state index is 6.75. The van der Waals surface area contributed by atoms with Crippen molar-refractivity contribution in [2.75, 3.05) is 48.4 Å². The van der Waals surface area contributed by atoms with Crippen LogP contribution in [0.1, 0.15) is 61.3 Å². The fourth-order valence-corrected chi connectivity index (χ4v) is 6.10. The third kappa shape index (κ3) is 5.59. The quantitative estimate of drug-likeness (QED) is 0.442. The fourth-order valence-electron chi connectivity index (χ4n) is 6.10. The molecule has 1 heterocycles. The minimum atomic E-state index is -0.282. The van der Waals surface area contributed by atoms with Crippen molar-refractivity contribution in [2.24, 2.45) is 5.92 Å². The molecule has 0 fully saturated rings. The van der Waals surface area contributed by atoms with Crippen molar-refractivity contribution in [1.82, 2.24) is 9.80 Å². The molecular weight excluding hydrogens is 432 g/mol. The lowest BCUT2D eigenvalue weighted by molar-refractivity contribution is -0.000516. The van der Waals surface area contributed by atoms with Crippen LogP contribution in [-0.4, -0.2) is 63.8 Å². The van der Waals surface area contributed by atoms with Gasteiger partial charge in [0.2, 0.25) is 0 Å². The van der Waals surface area contributed by atoms with Gasteiger partial charge < -0.3 is 19.3 Å². The number of benzene rings is 2. The van der Waals surface area contributed by atoms with Crippen molar-refractivity contribution in [1.29, 1.82) is 0 Å². The summed E-state index contributed by atoms with van der Waals surface area (Å²) in [5.74, 6) is 3.05. The summed E-state index contributed by atoms with van der Waals surface area (Å²) in [6.07, 6.45) is 5.66. The molecule has 3 atom stereocenters. The molecule has 0 saturated heterocycles. The van der Waals surface area contributed by atoms with E-state index in [9.17, 15) is 0 Å². The molecule has 4 rings (SSSR count). The smallest absolute Gasteiger partial charge is 0.123 e. The van der Waals surface area contributed by atoms with Crippen LogP contribution in [0.2, 0.25) is 0 Å². The molecule has 4 heteroatoms. The standard InChI is InChI=1S/C31H44N2O2/c1-21-17-26(24-19-22(13-15-32(4)5)9-11-28(24)34-8)30-27(18-21)25-20-23(14-16-33(6)7)10-12-29(25)35-31(30,2)3/h9-12,17,19-20,26-27,30H,13-16,18H2,1-8H3/t26-,27-,30+/m0/s1. The molecule has 0 unspecified atom stereocenters. The number of fused-ring (bicyclic) bond motifs is 3. The van der Waals surface area contributed by atoms with Crippen molar-refractivity contribution in [2.45, 2.75) is 57.5 Å². The molecule has 2 aliphatic rings. The van der Waals surface area contributed by atoms with Crippen molar-refractivity contribution >= 4 is 0 Å². The molecule has 0 saturated carbocycles. The van der Waals surface area contributed by atoms with Gasteiger partial charge in [0, 0.05) is 30.5 Å². The lowest BCUT2D eigenvalue weighted by atomic mass is 9.61. The molecule has 0 amide bonds. The first-order chi connectivity index (χ1) is 16.6. The first-order valence-corrected chi connectivity index (χ1v) is 13.0. The highest BCUT2D eigenvalue weighted by atomic mass is 16.5. The summed E-state index contributed by atoms with van der Waals surface area (Å²) in [7, 11) is 10.3. The maximum Gasteiger partial charge on any atom is 0.123 e. The molecular formula is C31H44N2O2. The van der Waals surface area contributed by atoms with Gasteiger partial charge >= 0.3 is 0 Å². The highest BCUT2D eigenvalue weighted by Crippen LogP contribution is 2.57. The van der Waals surface area contributed by atoms with E-state index < -0.39 is 0 Å². The normalized spacial score (nSPS) is 22.9. The van der Waals surface area contributed by atoms with Crippen molar-refractivity contribution in [3.8, 4) is 11.5 Å². The molecule has 1 aliphatic heterocycles.